The van der Waals surface area contributed by atoms with Crippen LogP contribution in [0.1, 0.15) is 29.3 Å². The van der Waals surface area contributed by atoms with Gasteiger partial charge in [0.1, 0.15) is 12.4 Å². The van der Waals surface area contributed by atoms with Gasteiger partial charge in [0.05, 0.1) is 0 Å². The Hall–Kier alpha value is -1.49. The lowest BCUT2D eigenvalue weighted by Crippen LogP contribution is -2.10. The molecule has 0 amide bonds. The van der Waals surface area contributed by atoms with Crippen LogP contribution in [-0.4, -0.2) is 18.8 Å². The molecule has 3 nitrogen and oxygen atoms in total. The highest BCUT2D eigenvalue weighted by Crippen LogP contribution is 2.19. The molecule has 0 spiro atoms. The summed E-state index contributed by atoms with van der Waals surface area (Å²) in [5, 5.41) is 0. The molecule has 0 aliphatic carbocycles. The summed E-state index contributed by atoms with van der Waals surface area (Å²) in [6, 6.07) is 4.64. The number of carbonyl (C=O) groups excluding carboxylic acids is 1. The molecule has 0 aliphatic rings. The molecule has 0 aliphatic heterocycles. The molecular weight excluding hydrogens is 228 g/mol. The normalized spacial score (nSPS) is 10.6. The summed E-state index contributed by atoms with van der Waals surface area (Å²) in [5.74, 6) is 0.187. The first-order chi connectivity index (χ1) is 8.08. The highest BCUT2D eigenvalue weighted by atomic mass is 19.3. The Morgan fingerprint density at radius 2 is 2.18 bits per heavy atom. The lowest BCUT2D eigenvalue weighted by Gasteiger charge is -2.10. The highest BCUT2D eigenvalue weighted by Gasteiger charge is 2.11. The number of carbonyl (C=O) groups is 1. The van der Waals surface area contributed by atoms with Crippen molar-refractivity contribution in [1.29, 1.82) is 0 Å². The van der Waals surface area contributed by atoms with Gasteiger partial charge in [-0.2, -0.15) is 0 Å². The smallest absolute Gasteiger partial charge is 0.272 e. The molecule has 0 fully saturated rings. The fraction of sp³-hybridized carbons (Fsp3) is 0.417. The van der Waals surface area contributed by atoms with E-state index >= 15 is 0 Å². The second-order valence-corrected chi connectivity index (χ2v) is 3.50. The first-order valence-corrected chi connectivity index (χ1v) is 5.35. The maximum Gasteiger partial charge on any atom is 0.272 e. The Kier molecular flexibility index (Phi) is 5.03. The van der Waals surface area contributed by atoms with Crippen LogP contribution in [0.15, 0.2) is 18.2 Å². The van der Waals surface area contributed by atoms with Crippen LogP contribution in [0, 0.1) is 0 Å². The molecule has 0 radical (unpaired) electrons. The Labute approximate surface area is 98.6 Å². The number of hydrogen-bond acceptors (Lipinski definition) is 3. The SMILES string of the molecule is CCC(=O)c1cc(OCC(F)F)ccc1CN. The fourth-order valence-corrected chi connectivity index (χ4v) is 1.43. The number of ether oxygens (including phenoxy) is 1. The van der Waals surface area contributed by atoms with Crippen LogP contribution >= 0.6 is 0 Å². The summed E-state index contributed by atoms with van der Waals surface area (Å²) in [5.41, 5.74) is 6.64. The van der Waals surface area contributed by atoms with Gasteiger partial charge in [-0.3, -0.25) is 4.79 Å². The first-order valence-electron chi connectivity index (χ1n) is 5.35. The molecule has 0 unspecified atom stereocenters. The molecule has 1 rings (SSSR count). The van der Waals surface area contributed by atoms with Crippen LogP contribution in [0.2, 0.25) is 0 Å². The third-order valence-corrected chi connectivity index (χ3v) is 2.30. The van der Waals surface area contributed by atoms with E-state index in [1.54, 1.807) is 13.0 Å². The molecule has 1 aromatic carbocycles. The molecule has 2 N–H and O–H groups in total. The van der Waals surface area contributed by atoms with Crippen molar-refractivity contribution in [2.75, 3.05) is 6.61 Å². The number of Topliss-reactive ketones (excluding diaryl/α,β-unsaturated/α-hetero) is 1. The average Bonchev–Trinajstić information content (AvgIpc) is 2.34. The zero-order valence-corrected chi connectivity index (χ0v) is 9.58. The molecule has 0 saturated heterocycles. The molecule has 0 atom stereocenters. The maximum absolute atomic E-state index is 12.0. The minimum absolute atomic E-state index is 0.0760. The van der Waals surface area contributed by atoms with Gasteiger partial charge >= 0.3 is 0 Å². The second-order valence-electron chi connectivity index (χ2n) is 3.50. The van der Waals surface area contributed by atoms with Crippen molar-refractivity contribution in [1.82, 2.24) is 0 Å². The number of nitrogens with two attached hydrogens (primary N) is 1. The van der Waals surface area contributed by atoms with E-state index < -0.39 is 13.0 Å². The van der Waals surface area contributed by atoms with Crippen molar-refractivity contribution in [2.24, 2.45) is 5.73 Å². The number of rotatable bonds is 6. The van der Waals surface area contributed by atoms with Crippen LogP contribution in [0.25, 0.3) is 0 Å². The zero-order valence-electron chi connectivity index (χ0n) is 9.58. The molecule has 17 heavy (non-hydrogen) atoms. The summed E-state index contributed by atoms with van der Waals surface area (Å²) in [4.78, 5) is 11.6. The van der Waals surface area contributed by atoms with Crippen molar-refractivity contribution < 1.29 is 18.3 Å². The van der Waals surface area contributed by atoms with Gasteiger partial charge < -0.3 is 10.5 Å². The Bertz CT molecular complexity index is 394. The third-order valence-electron chi connectivity index (χ3n) is 2.30. The predicted molar refractivity (Wildman–Crippen MR) is 60.5 cm³/mol. The minimum atomic E-state index is -2.53. The molecule has 0 saturated carbocycles. The van der Waals surface area contributed by atoms with Crippen molar-refractivity contribution >= 4 is 5.78 Å². The molecule has 94 valence electrons. The van der Waals surface area contributed by atoms with Crippen molar-refractivity contribution in [2.45, 2.75) is 26.3 Å². The van der Waals surface area contributed by atoms with Crippen LogP contribution in [0.4, 0.5) is 8.78 Å². The standard InChI is InChI=1S/C12H15F2NO2/c1-2-11(16)10-5-9(17-7-12(13)14)4-3-8(10)6-15/h3-5,12H,2,6-7,15H2,1H3. The largest absolute Gasteiger partial charge is 0.488 e. The predicted octanol–water partition coefficient (Wildman–Crippen LogP) is 2.38. The molecule has 0 heterocycles. The zero-order chi connectivity index (χ0) is 12.8. The number of benzene rings is 1. The van der Waals surface area contributed by atoms with E-state index in [1.807, 2.05) is 0 Å². The Morgan fingerprint density at radius 1 is 1.47 bits per heavy atom. The van der Waals surface area contributed by atoms with Gasteiger partial charge in [-0.25, -0.2) is 8.78 Å². The molecule has 5 heteroatoms. The topological polar surface area (TPSA) is 52.3 Å². The highest BCUT2D eigenvalue weighted by molar-refractivity contribution is 5.97. The van der Waals surface area contributed by atoms with Crippen molar-refractivity contribution in [3.8, 4) is 5.75 Å². The van der Waals surface area contributed by atoms with E-state index in [1.165, 1.54) is 12.1 Å². The van der Waals surface area contributed by atoms with E-state index in [-0.39, 0.29) is 18.1 Å². The summed E-state index contributed by atoms with van der Waals surface area (Å²) < 4.78 is 28.8. The van der Waals surface area contributed by atoms with E-state index in [2.05, 4.69) is 0 Å². The molecular formula is C12H15F2NO2. The van der Waals surface area contributed by atoms with Gasteiger partial charge in [-0.05, 0) is 17.7 Å². The third kappa shape index (κ3) is 3.78. The minimum Gasteiger partial charge on any atom is -0.488 e. The summed E-state index contributed by atoms with van der Waals surface area (Å²) in [6.07, 6.45) is -2.19. The van der Waals surface area contributed by atoms with Crippen LogP contribution < -0.4 is 10.5 Å². The van der Waals surface area contributed by atoms with Crippen LogP contribution in [-0.2, 0) is 6.54 Å². The second kappa shape index (κ2) is 6.30. The van der Waals surface area contributed by atoms with Gasteiger partial charge in [0.2, 0.25) is 0 Å². The van der Waals surface area contributed by atoms with Gasteiger partial charge in [0.15, 0.2) is 5.78 Å². The summed E-state index contributed by atoms with van der Waals surface area (Å²) in [6.45, 7) is 1.28. The lowest BCUT2D eigenvalue weighted by atomic mass is 10.0. The van der Waals surface area contributed by atoms with Gasteiger partial charge in [0, 0.05) is 18.5 Å². The molecule has 0 bridgehead atoms. The van der Waals surface area contributed by atoms with Crippen LogP contribution in [0.3, 0.4) is 0 Å². The van der Waals surface area contributed by atoms with E-state index in [4.69, 9.17) is 10.5 Å². The van der Waals surface area contributed by atoms with Crippen molar-refractivity contribution in [3.05, 3.63) is 29.3 Å². The van der Waals surface area contributed by atoms with Crippen molar-refractivity contribution in [3.63, 3.8) is 0 Å². The van der Waals surface area contributed by atoms with E-state index in [0.29, 0.717) is 17.5 Å². The summed E-state index contributed by atoms with van der Waals surface area (Å²) >= 11 is 0. The quantitative estimate of drug-likeness (QED) is 0.780. The van der Waals surface area contributed by atoms with Gasteiger partial charge in [-0.15, -0.1) is 0 Å². The van der Waals surface area contributed by atoms with Gasteiger partial charge in [-0.1, -0.05) is 13.0 Å². The number of hydrogen-bond donors (Lipinski definition) is 1. The number of ketones is 1. The van der Waals surface area contributed by atoms with Crippen LogP contribution in [0.5, 0.6) is 5.75 Å². The first kappa shape index (κ1) is 13.6. The lowest BCUT2D eigenvalue weighted by molar-refractivity contribution is 0.0818. The average molecular weight is 243 g/mol. The Morgan fingerprint density at radius 3 is 2.71 bits per heavy atom. The number of halogens is 2. The molecule has 1 aromatic rings. The van der Waals surface area contributed by atoms with E-state index in [9.17, 15) is 13.6 Å². The Balaban J connectivity index is 2.92. The maximum atomic E-state index is 12.0. The van der Waals surface area contributed by atoms with E-state index in [0.717, 1.165) is 0 Å². The molecule has 0 aromatic heterocycles. The fourth-order valence-electron chi connectivity index (χ4n) is 1.43. The number of alkyl halides is 2. The van der Waals surface area contributed by atoms with Gasteiger partial charge in [0.25, 0.3) is 6.43 Å². The monoisotopic (exact) mass is 243 g/mol. The summed E-state index contributed by atoms with van der Waals surface area (Å²) in [7, 11) is 0.